The van der Waals surface area contributed by atoms with Crippen LogP contribution in [0.15, 0.2) is 6.20 Å². The van der Waals surface area contributed by atoms with Crippen LogP contribution in [0.3, 0.4) is 0 Å². The van der Waals surface area contributed by atoms with E-state index in [4.69, 9.17) is 4.98 Å². The van der Waals surface area contributed by atoms with E-state index in [1.807, 2.05) is 7.05 Å². The number of rotatable bonds is 4. The third-order valence-electron chi connectivity index (χ3n) is 4.61. The highest BCUT2D eigenvalue weighted by atomic mass is 15.3. The van der Waals surface area contributed by atoms with Crippen molar-refractivity contribution in [1.82, 2.24) is 14.9 Å². The number of nitrogens with zero attached hydrogens (tertiary/aromatic N) is 3. The van der Waals surface area contributed by atoms with Crippen LogP contribution < -0.4 is 10.2 Å². The van der Waals surface area contributed by atoms with E-state index in [2.05, 4.69) is 27.9 Å². The molecule has 2 fully saturated rings. The Kier molecular flexibility index (Phi) is 3.78. The van der Waals surface area contributed by atoms with Gasteiger partial charge in [0, 0.05) is 25.3 Å². The van der Waals surface area contributed by atoms with Gasteiger partial charge in [0.05, 0.1) is 5.69 Å². The van der Waals surface area contributed by atoms with E-state index in [1.165, 1.54) is 43.7 Å². The number of imidazole rings is 1. The molecule has 1 aromatic heterocycles. The van der Waals surface area contributed by atoms with E-state index >= 15 is 0 Å². The lowest BCUT2D eigenvalue weighted by Gasteiger charge is -2.22. The van der Waals surface area contributed by atoms with Crippen molar-refractivity contribution in [3.63, 3.8) is 0 Å². The fraction of sp³-hybridized carbons (Fsp3) is 0.800. The van der Waals surface area contributed by atoms with Crippen LogP contribution in [0, 0.1) is 12.8 Å². The van der Waals surface area contributed by atoms with Gasteiger partial charge in [0.15, 0.2) is 0 Å². The molecule has 1 aliphatic heterocycles. The second kappa shape index (κ2) is 5.53. The summed E-state index contributed by atoms with van der Waals surface area (Å²) in [7, 11) is 2.05. The molecular formula is C15H26N4. The molecule has 2 heterocycles. The molecule has 1 saturated heterocycles. The topological polar surface area (TPSA) is 33.1 Å². The first kappa shape index (κ1) is 13.0. The minimum absolute atomic E-state index is 0.694. The number of hydrogen-bond acceptors (Lipinski definition) is 3. The summed E-state index contributed by atoms with van der Waals surface area (Å²) in [5, 5.41) is 3.30. The van der Waals surface area contributed by atoms with Gasteiger partial charge in [0.25, 0.3) is 0 Å². The Hall–Kier alpha value is -1.03. The van der Waals surface area contributed by atoms with Gasteiger partial charge in [0.2, 0.25) is 5.95 Å². The average Bonchev–Trinajstić information content (AvgIpc) is 3.07. The van der Waals surface area contributed by atoms with Crippen LogP contribution in [0.2, 0.25) is 0 Å². The maximum absolute atomic E-state index is 4.80. The van der Waals surface area contributed by atoms with Crippen molar-refractivity contribution < 1.29 is 0 Å². The maximum Gasteiger partial charge on any atom is 0.205 e. The molecular weight excluding hydrogens is 236 g/mol. The van der Waals surface area contributed by atoms with Gasteiger partial charge in [-0.2, -0.15) is 0 Å². The standard InChI is InChI=1S/C15H26N4/c1-12-10-19(14-5-3-4-6-14)15(17-12)18-8-7-13(11-18)9-16-2/h10,13-14,16H,3-9,11H2,1-2H3. The Bertz CT molecular complexity index is 420. The lowest BCUT2D eigenvalue weighted by Crippen LogP contribution is -2.27. The lowest BCUT2D eigenvalue weighted by molar-refractivity contribution is 0.512. The molecule has 1 aliphatic carbocycles. The van der Waals surface area contributed by atoms with Gasteiger partial charge in [-0.3, -0.25) is 0 Å². The molecule has 1 atom stereocenters. The first-order valence-electron chi connectivity index (χ1n) is 7.73. The van der Waals surface area contributed by atoms with Crippen LogP contribution in [0.4, 0.5) is 5.95 Å². The number of aryl methyl sites for hydroxylation is 1. The zero-order valence-electron chi connectivity index (χ0n) is 12.2. The van der Waals surface area contributed by atoms with Crippen LogP contribution in [0.1, 0.15) is 43.8 Å². The first-order valence-corrected chi connectivity index (χ1v) is 7.73. The average molecular weight is 262 g/mol. The summed E-state index contributed by atoms with van der Waals surface area (Å²) in [4.78, 5) is 7.29. The Balaban J connectivity index is 1.77. The largest absolute Gasteiger partial charge is 0.342 e. The molecule has 0 radical (unpaired) electrons. The molecule has 2 aliphatic rings. The van der Waals surface area contributed by atoms with Gasteiger partial charge in [-0.25, -0.2) is 4.98 Å². The summed E-state index contributed by atoms with van der Waals surface area (Å²) >= 11 is 0. The molecule has 0 amide bonds. The summed E-state index contributed by atoms with van der Waals surface area (Å²) in [5.74, 6) is 2.00. The Morgan fingerprint density at radius 2 is 2.11 bits per heavy atom. The summed E-state index contributed by atoms with van der Waals surface area (Å²) < 4.78 is 2.46. The summed E-state index contributed by atoms with van der Waals surface area (Å²) in [5.41, 5.74) is 1.17. The first-order chi connectivity index (χ1) is 9.28. The molecule has 4 nitrogen and oxygen atoms in total. The van der Waals surface area contributed by atoms with Crippen molar-refractivity contribution >= 4 is 5.95 Å². The van der Waals surface area contributed by atoms with Crippen molar-refractivity contribution in [3.8, 4) is 0 Å². The van der Waals surface area contributed by atoms with Crippen molar-refractivity contribution in [2.45, 2.75) is 45.1 Å². The Morgan fingerprint density at radius 1 is 1.32 bits per heavy atom. The van der Waals surface area contributed by atoms with Crippen LogP contribution in [-0.2, 0) is 0 Å². The fourth-order valence-electron chi connectivity index (χ4n) is 3.66. The minimum atomic E-state index is 0.694. The number of hydrogen-bond donors (Lipinski definition) is 1. The van der Waals surface area contributed by atoms with E-state index in [0.29, 0.717) is 6.04 Å². The fourth-order valence-corrected chi connectivity index (χ4v) is 3.66. The molecule has 3 rings (SSSR count). The van der Waals surface area contributed by atoms with Crippen molar-refractivity contribution in [3.05, 3.63) is 11.9 Å². The van der Waals surface area contributed by atoms with Crippen LogP contribution in [0.25, 0.3) is 0 Å². The molecule has 0 aromatic carbocycles. The molecule has 0 bridgehead atoms. The van der Waals surface area contributed by atoms with Gasteiger partial charge < -0.3 is 14.8 Å². The molecule has 1 aromatic rings. The minimum Gasteiger partial charge on any atom is -0.342 e. The van der Waals surface area contributed by atoms with E-state index in [1.54, 1.807) is 0 Å². The second-order valence-corrected chi connectivity index (χ2v) is 6.19. The van der Waals surface area contributed by atoms with Crippen LogP contribution >= 0.6 is 0 Å². The molecule has 19 heavy (non-hydrogen) atoms. The van der Waals surface area contributed by atoms with Crippen LogP contribution in [0.5, 0.6) is 0 Å². The predicted octanol–water partition coefficient (Wildman–Crippen LogP) is 2.35. The Morgan fingerprint density at radius 3 is 2.84 bits per heavy atom. The van der Waals surface area contributed by atoms with Crippen LogP contribution in [-0.4, -0.2) is 36.2 Å². The summed E-state index contributed by atoms with van der Waals surface area (Å²) in [6.45, 7) is 5.56. The van der Waals surface area contributed by atoms with E-state index in [-0.39, 0.29) is 0 Å². The summed E-state index contributed by atoms with van der Waals surface area (Å²) in [6.07, 6.45) is 8.97. The molecule has 4 heteroatoms. The number of aromatic nitrogens is 2. The van der Waals surface area contributed by atoms with E-state index < -0.39 is 0 Å². The monoisotopic (exact) mass is 262 g/mol. The van der Waals surface area contributed by atoms with Gasteiger partial charge in [-0.1, -0.05) is 12.8 Å². The maximum atomic E-state index is 4.80. The Labute approximate surface area is 116 Å². The zero-order valence-corrected chi connectivity index (χ0v) is 12.2. The zero-order chi connectivity index (χ0) is 13.2. The molecule has 1 N–H and O–H groups in total. The molecule has 106 valence electrons. The van der Waals surface area contributed by atoms with E-state index in [9.17, 15) is 0 Å². The molecule has 0 spiro atoms. The third-order valence-corrected chi connectivity index (χ3v) is 4.61. The number of nitrogens with one attached hydrogen (secondary N) is 1. The highest BCUT2D eigenvalue weighted by Crippen LogP contribution is 2.34. The normalized spacial score (nSPS) is 24.5. The van der Waals surface area contributed by atoms with Crippen molar-refractivity contribution in [1.29, 1.82) is 0 Å². The van der Waals surface area contributed by atoms with Gasteiger partial charge in [0.1, 0.15) is 0 Å². The highest BCUT2D eigenvalue weighted by molar-refractivity contribution is 5.36. The summed E-state index contributed by atoms with van der Waals surface area (Å²) in [6, 6.07) is 0.694. The number of anilines is 1. The van der Waals surface area contributed by atoms with Crippen molar-refractivity contribution in [2.75, 3.05) is 31.6 Å². The van der Waals surface area contributed by atoms with Crippen molar-refractivity contribution in [2.24, 2.45) is 5.92 Å². The SMILES string of the molecule is CNCC1CCN(c2nc(C)cn2C2CCCC2)C1. The third kappa shape index (κ3) is 2.64. The predicted molar refractivity (Wildman–Crippen MR) is 78.7 cm³/mol. The molecule has 1 unspecified atom stereocenters. The lowest BCUT2D eigenvalue weighted by atomic mass is 10.1. The van der Waals surface area contributed by atoms with Gasteiger partial charge >= 0.3 is 0 Å². The second-order valence-electron chi connectivity index (χ2n) is 6.19. The smallest absolute Gasteiger partial charge is 0.205 e. The quantitative estimate of drug-likeness (QED) is 0.904. The molecule has 1 saturated carbocycles. The highest BCUT2D eigenvalue weighted by Gasteiger charge is 2.28. The van der Waals surface area contributed by atoms with Gasteiger partial charge in [-0.05, 0) is 45.7 Å². The van der Waals surface area contributed by atoms with E-state index in [0.717, 1.165) is 25.6 Å². The van der Waals surface area contributed by atoms with Gasteiger partial charge in [-0.15, -0.1) is 0 Å².